The van der Waals surface area contributed by atoms with Gasteiger partial charge >= 0.3 is 0 Å². The number of aryl methyl sites for hydroxylation is 1. The topological polar surface area (TPSA) is 44.0 Å². The number of aromatic hydroxyl groups is 1. The van der Waals surface area contributed by atoms with Gasteiger partial charge in [-0.15, -0.1) is 0 Å². The van der Waals surface area contributed by atoms with Crippen molar-refractivity contribution < 1.29 is 13.9 Å². The molecule has 1 aromatic carbocycles. The van der Waals surface area contributed by atoms with Crippen LogP contribution in [-0.4, -0.2) is 5.11 Å². The van der Waals surface area contributed by atoms with Crippen LogP contribution in [0.3, 0.4) is 0 Å². The third kappa shape index (κ3) is 2.15. The normalized spacial score (nSPS) is 9.62. The molecular formula is C9H7F2NO. The predicted molar refractivity (Wildman–Crippen MR) is 42.0 cm³/mol. The molecule has 0 spiro atoms. The van der Waals surface area contributed by atoms with Crippen molar-refractivity contribution in [3.05, 3.63) is 29.3 Å². The third-order valence-corrected chi connectivity index (χ3v) is 1.60. The van der Waals surface area contributed by atoms with Crippen LogP contribution >= 0.6 is 0 Å². The molecule has 0 atom stereocenters. The van der Waals surface area contributed by atoms with Crippen molar-refractivity contribution in [2.24, 2.45) is 0 Å². The molecule has 0 saturated heterocycles. The average molecular weight is 183 g/mol. The van der Waals surface area contributed by atoms with Gasteiger partial charge in [-0.05, 0) is 24.1 Å². The molecule has 2 nitrogen and oxygen atoms in total. The summed E-state index contributed by atoms with van der Waals surface area (Å²) < 4.78 is 25.4. The number of hydrogen-bond donors (Lipinski definition) is 1. The van der Waals surface area contributed by atoms with Gasteiger partial charge in [0.15, 0.2) is 17.4 Å². The lowest BCUT2D eigenvalue weighted by Crippen LogP contribution is -1.89. The molecule has 0 fully saturated rings. The predicted octanol–water partition coefficient (Wildman–Crippen LogP) is 2.13. The molecule has 0 saturated carbocycles. The Morgan fingerprint density at radius 3 is 2.31 bits per heavy atom. The monoisotopic (exact) mass is 183 g/mol. The Morgan fingerprint density at radius 1 is 1.31 bits per heavy atom. The van der Waals surface area contributed by atoms with E-state index in [2.05, 4.69) is 0 Å². The Balaban J connectivity index is 2.94. The second-order valence-corrected chi connectivity index (χ2v) is 2.57. The first-order valence-corrected chi connectivity index (χ1v) is 3.69. The van der Waals surface area contributed by atoms with Crippen molar-refractivity contribution in [1.82, 2.24) is 0 Å². The van der Waals surface area contributed by atoms with Gasteiger partial charge in [0.2, 0.25) is 0 Å². The first-order chi connectivity index (χ1) is 6.15. The molecule has 0 aromatic heterocycles. The number of rotatable bonds is 2. The summed E-state index contributed by atoms with van der Waals surface area (Å²) in [6.07, 6.45) is 0.480. The number of nitriles is 1. The van der Waals surface area contributed by atoms with Crippen LogP contribution in [0.1, 0.15) is 12.0 Å². The number of phenols is 1. The van der Waals surface area contributed by atoms with Crippen LogP contribution in [0.4, 0.5) is 8.78 Å². The van der Waals surface area contributed by atoms with Gasteiger partial charge in [0.05, 0.1) is 6.07 Å². The maximum Gasteiger partial charge on any atom is 0.187 e. The van der Waals surface area contributed by atoms with E-state index in [0.29, 0.717) is 5.56 Å². The van der Waals surface area contributed by atoms with Gasteiger partial charge < -0.3 is 5.11 Å². The molecule has 0 bridgehead atoms. The molecule has 0 heterocycles. The minimum Gasteiger partial charge on any atom is -0.503 e. The molecule has 0 radical (unpaired) electrons. The Morgan fingerprint density at radius 2 is 1.85 bits per heavy atom. The molecule has 0 amide bonds. The minimum absolute atomic E-state index is 0.198. The summed E-state index contributed by atoms with van der Waals surface area (Å²) in [5, 5.41) is 17.0. The number of hydrogen-bond acceptors (Lipinski definition) is 2. The second-order valence-electron chi connectivity index (χ2n) is 2.57. The van der Waals surface area contributed by atoms with E-state index in [1.165, 1.54) is 0 Å². The summed E-state index contributed by atoms with van der Waals surface area (Å²) in [5.74, 6) is -2.96. The summed E-state index contributed by atoms with van der Waals surface area (Å²) in [4.78, 5) is 0. The zero-order valence-electron chi connectivity index (χ0n) is 6.72. The van der Waals surface area contributed by atoms with Gasteiger partial charge in [0.25, 0.3) is 0 Å². The molecule has 1 N–H and O–H groups in total. The van der Waals surface area contributed by atoms with Gasteiger partial charge in [0.1, 0.15) is 0 Å². The molecule has 0 aliphatic heterocycles. The van der Waals surface area contributed by atoms with E-state index >= 15 is 0 Å². The van der Waals surface area contributed by atoms with Gasteiger partial charge in [-0.1, -0.05) is 0 Å². The highest BCUT2D eigenvalue weighted by Crippen LogP contribution is 2.21. The standard InChI is InChI=1S/C9H7F2NO/c10-7-4-6(2-1-3-12)5-8(11)9(7)13/h4-5,13H,1-2H2. The Hall–Kier alpha value is -1.63. The lowest BCUT2D eigenvalue weighted by molar-refractivity contribution is 0.395. The highest BCUT2D eigenvalue weighted by atomic mass is 19.1. The molecular weight excluding hydrogens is 176 g/mol. The molecule has 0 unspecified atom stereocenters. The SMILES string of the molecule is N#CCCc1cc(F)c(O)c(F)c1. The Kier molecular flexibility index (Phi) is 2.80. The van der Waals surface area contributed by atoms with E-state index in [9.17, 15) is 8.78 Å². The van der Waals surface area contributed by atoms with Crippen molar-refractivity contribution in [3.63, 3.8) is 0 Å². The van der Waals surface area contributed by atoms with Crippen LogP contribution < -0.4 is 0 Å². The van der Waals surface area contributed by atoms with E-state index in [4.69, 9.17) is 10.4 Å². The number of halogens is 2. The van der Waals surface area contributed by atoms with Gasteiger partial charge in [-0.3, -0.25) is 0 Å². The van der Waals surface area contributed by atoms with Crippen molar-refractivity contribution in [1.29, 1.82) is 5.26 Å². The summed E-state index contributed by atoms with van der Waals surface area (Å²) in [6, 6.07) is 3.91. The zero-order valence-corrected chi connectivity index (χ0v) is 6.72. The highest BCUT2D eigenvalue weighted by Gasteiger charge is 2.08. The molecule has 0 aliphatic rings. The first kappa shape index (κ1) is 9.46. The second kappa shape index (κ2) is 3.85. The minimum atomic E-state index is -0.993. The van der Waals surface area contributed by atoms with E-state index in [-0.39, 0.29) is 12.8 Å². The van der Waals surface area contributed by atoms with Crippen molar-refractivity contribution in [2.75, 3.05) is 0 Å². The summed E-state index contributed by atoms with van der Waals surface area (Å²) >= 11 is 0. The Bertz CT molecular complexity index is 334. The Labute approximate surface area is 74.0 Å². The maximum atomic E-state index is 12.7. The van der Waals surface area contributed by atoms with E-state index < -0.39 is 17.4 Å². The number of phenolic OH excluding ortho intramolecular Hbond substituents is 1. The van der Waals surface area contributed by atoms with Gasteiger partial charge in [-0.2, -0.15) is 5.26 Å². The molecule has 1 rings (SSSR count). The lowest BCUT2D eigenvalue weighted by Gasteiger charge is -2.01. The summed E-state index contributed by atoms with van der Waals surface area (Å²) in [5.41, 5.74) is 0.370. The quantitative estimate of drug-likeness (QED) is 0.763. The average Bonchev–Trinajstić information content (AvgIpc) is 2.10. The largest absolute Gasteiger partial charge is 0.503 e. The highest BCUT2D eigenvalue weighted by molar-refractivity contribution is 5.30. The summed E-state index contributed by atoms with van der Waals surface area (Å²) in [7, 11) is 0. The van der Waals surface area contributed by atoms with Crippen LogP contribution in [0.25, 0.3) is 0 Å². The van der Waals surface area contributed by atoms with Gasteiger partial charge in [0, 0.05) is 6.42 Å². The summed E-state index contributed by atoms with van der Waals surface area (Å²) in [6.45, 7) is 0. The molecule has 1 aromatic rings. The van der Waals surface area contributed by atoms with E-state index in [0.717, 1.165) is 12.1 Å². The fourth-order valence-corrected chi connectivity index (χ4v) is 0.963. The lowest BCUT2D eigenvalue weighted by atomic mass is 10.1. The van der Waals surface area contributed by atoms with E-state index in [1.54, 1.807) is 0 Å². The fraction of sp³-hybridized carbons (Fsp3) is 0.222. The molecule has 4 heteroatoms. The zero-order chi connectivity index (χ0) is 9.84. The van der Waals surface area contributed by atoms with Gasteiger partial charge in [-0.25, -0.2) is 8.78 Å². The van der Waals surface area contributed by atoms with Crippen LogP contribution in [-0.2, 0) is 6.42 Å². The molecule has 13 heavy (non-hydrogen) atoms. The van der Waals surface area contributed by atoms with Crippen molar-refractivity contribution >= 4 is 0 Å². The number of nitrogens with zero attached hydrogens (tertiary/aromatic N) is 1. The fourth-order valence-electron chi connectivity index (χ4n) is 0.963. The third-order valence-electron chi connectivity index (χ3n) is 1.60. The maximum absolute atomic E-state index is 12.7. The smallest absolute Gasteiger partial charge is 0.187 e. The van der Waals surface area contributed by atoms with E-state index in [1.807, 2.05) is 6.07 Å². The molecule has 68 valence electrons. The van der Waals surface area contributed by atoms with Crippen molar-refractivity contribution in [3.8, 4) is 11.8 Å². The van der Waals surface area contributed by atoms with Crippen LogP contribution in [0, 0.1) is 23.0 Å². The van der Waals surface area contributed by atoms with Crippen LogP contribution in [0.15, 0.2) is 12.1 Å². The number of benzene rings is 1. The van der Waals surface area contributed by atoms with Crippen LogP contribution in [0.2, 0.25) is 0 Å². The molecule has 0 aliphatic carbocycles. The first-order valence-electron chi connectivity index (χ1n) is 3.69. The van der Waals surface area contributed by atoms with Crippen LogP contribution in [0.5, 0.6) is 5.75 Å². The van der Waals surface area contributed by atoms with Crippen molar-refractivity contribution in [2.45, 2.75) is 12.8 Å².